The molecule has 2 aromatic heterocycles. The number of hydrogen-bond donors (Lipinski definition) is 1. The number of aromatic nitrogens is 4. The number of piperidine rings is 1. The normalized spacial score (nSPS) is 16.9. The van der Waals surface area contributed by atoms with Gasteiger partial charge >= 0.3 is 0 Å². The first kappa shape index (κ1) is 19.2. The van der Waals surface area contributed by atoms with Crippen molar-refractivity contribution in [2.45, 2.75) is 26.7 Å². The largest absolute Gasteiger partial charge is 0.382 e. The fourth-order valence-electron chi connectivity index (χ4n) is 3.98. The number of carbonyl (C=O) groups excluding carboxylic acids is 1. The Labute approximate surface area is 170 Å². The highest BCUT2D eigenvalue weighted by atomic mass is 16.2. The number of carbonyl (C=O) groups is 1. The average molecular weight is 393 g/mol. The molecule has 3 heterocycles. The molecule has 2 N–H and O–H groups in total. The Hall–Kier alpha value is -3.16. The van der Waals surface area contributed by atoms with Crippen LogP contribution in [0.1, 0.15) is 26.7 Å². The molecule has 1 saturated heterocycles. The highest BCUT2D eigenvalue weighted by Crippen LogP contribution is 2.26. The van der Waals surface area contributed by atoms with Gasteiger partial charge in [0, 0.05) is 31.9 Å². The van der Waals surface area contributed by atoms with Gasteiger partial charge in [-0.25, -0.2) is 4.98 Å². The summed E-state index contributed by atoms with van der Waals surface area (Å²) < 4.78 is 1.92. The Balaban J connectivity index is 1.66. The van der Waals surface area contributed by atoms with Gasteiger partial charge in [0.25, 0.3) is 0 Å². The lowest BCUT2D eigenvalue weighted by Gasteiger charge is -2.34. The highest BCUT2D eigenvalue weighted by Gasteiger charge is 2.30. The maximum absolute atomic E-state index is 12.8. The maximum Gasteiger partial charge on any atom is 0.229 e. The van der Waals surface area contributed by atoms with Gasteiger partial charge in [-0.3, -0.25) is 9.36 Å². The van der Waals surface area contributed by atoms with Gasteiger partial charge in [0.15, 0.2) is 17.0 Å². The lowest BCUT2D eigenvalue weighted by Crippen LogP contribution is -2.45. The number of imidazole rings is 1. The predicted molar refractivity (Wildman–Crippen MR) is 114 cm³/mol. The third-order valence-electron chi connectivity index (χ3n) is 5.57. The number of nitrogen functional groups attached to an aromatic ring is 1. The van der Waals surface area contributed by atoms with E-state index in [9.17, 15) is 4.79 Å². The second-order valence-electron chi connectivity index (χ2n) is 7.33. The Morgan fingerprint density at radius 1 is 1.21 bits per heavy atom. The molecule has 4 rings (SSSR count). The standard InChI is InChI=1S/C21H27N7O/c1-3-26(4-2)20(29)15-9-8-12-27(13-15)21-24-18(22)17-19(25-21)28(14-23-17)16-10-6-5-7-11-16/h5-7,10-11,14-15H,3-4,8-9,12-13H2,1-2H3,(H2,22,24,25). The predicted octanol–water partition coefficient (Wildman–Crippen LogP) is 2.48. The van der Waals surface area contributed by atoms with Crippen LogP contribution in [0.25, 0.3) is 16.9 Å². The minimum atomic E-state index is -0.0387. The van der Waals surface area contributed by atoms with Gasteiger partial charge in [0.05, 0.1) is 5.92 Å². The monoisotopic (exact) mass is 393 g/mol. The van der Waals surface area contributed by atoms with Crippen LogP contribution in [0, 0.1) is 5.92 Å². The van der Waals surface area contributed by atoms with Crippen LogP contribution in [0.2, 0.25) is 0 Å². The van der Waals surface area contributed by atoms with Crippen LogP contribution in [-0.2, 0) is 4.79 Å². The SMILES string of the molecule is CCN(CC)C(=O)C1CCCN(c2nc(N)c3ncn(-c4ccccc4)c3n2)C1. The van der Waals surface area contributed by atoms with Gasteiger partial charge in [-0.15, -0.1) is 0 Å². The summed E-state index contributed by atoms with van der Waals surface area (Å²) >= 11 is 0. The molecule has 0 radical (unpaired) electrons. The molecule has 0 aliphatic carbocycles. The van der Waals surface area contributed by atoms with E-state index >= 15 is 0 Å². The van der Waals surface area contributed by atoms with Gasteiger partial charge in [0.2, 0.25) is 11.9 Å². The number of nitrogens with zero attached hydrogens (tertiary/aromatic N) is 6. The molecule has 8 heteroatoms. The van der Waals surface area contributed by atoms with E-state index in [0.717, 1.165) is 38.2 Å². The van der Waals surface area contributed by atoms with Crippen LogP contribution in [0.4, 0.5) is 11.8 Å². The van der Waals surface area contributed by atoms with E-state index in [2.05, 4.69) is 14.9 Å². The highest BCUT2D eigenvalue weighted by molar-refractivity contribution is 5.84. The molecule has 3 aromatic rings. The van der Waals surface area contributed by atoms with Crippen molar-refractivity contribution in [3.8, 4) is 5.69 Å². The van der Waals surface area contributed by atoms with Crippen LogP contribution in [0.3, 0.4) is 0 Å². The third-order valence-corrected chi connectivity index (χ3v) is 5.57. The lowest BCUT2D eigenvalue weighted by molar-refractivity contribution is -0.135. The molecule has 1 fully saturated rings. The second-order valence-corrected chi connectivity index (χ2v) is 7.33. The molecule has 1 unspecified atom stereocenters. The van der Waals surface area contributed by atoms with Crippen LogP contribution in [-0.4, -0.2) is 56.5 Å². The fraction of sp³-hybridized carbons (Fsp3) is 0.429. The van der Waals surface area contributed by atoms with E-state index in [1.165, 1.54) is 0 Å². The molecular formula is C21H27N7O. The summed E-state index contributed by atoms with van der Waals surface area (Å²) in [6.45, 7) is 6.93. The van der Waals surface area contributed by atoms with Gasteiger partial charge in [-0.2, -0.15) is 9.97 Å². The number of benzene rings is 1. The molecular weight excluding hydrogens is 366 g/mol. The van der Waals surface area contributed by atoms with E-state index < -0.39 is 0 Å². The number of anilines is 2. The van der Waals surface area contributed by atoms with Gasteiger partial charge in [0.1, 0.15) is 6.33 Å². The molecule has 0 bridgehead atoms. The van der Waals surface area contributed by atoms with E-state index in [-0.39, 0.29) is 11.8 Å². The van der Waals surface area contributed by atoms with Gasteiger partial charge in [-0.1, -0.05) is 18.2 Å². The van der Waals surface area contributed by atoms with E-state index in [1.54, 1.807) is 6.33 Å². The maximum atomic E-state index is 12.8. The summed E-state index contributed by atoms with van der Waals surface area (Å²) in [5.41, 5.74) is 8.44. The number of hydrogen-bond acceptors (Lipinski definition) is 6. The average Bonchev–Trinajstić information content (AvgIpc) is 3.20. The van der Waals surface area contributed by atoms with Crippen LogP contribution in [0.15, 0.2) is 36.7 Å². The summed E-state index contributed by atoms with van der Waals surface area (Å²) in [5.74, 6) is 1.09. The first-order valence-electron chi connectivity index (χ1n) is 10.2. The Morgan fingerprint density at radius 2 is 1.97 bits per heavy atom. The summed E-state index contributed by atoms with van der Waals surface area (Å²) in [6, 6.07) is 9.91. The first-order valence-corrected chi connectivity index (χ1v) is 10.2. The van der Waals surface area contributed by atoms with Gasteiger partial charge in [-0.05, 0) is 38.8 Å². The second kappa shape index (κ2) is 8.06. The first-order chi connectivity index (χ1) is 14.1. The quantitative estimate of drug-likeness (QED) is 0.716. The van der Waals surface area contributed by atoms with Crippen molar-refractivity contribution in [3.63, 3.8) is 0 Å². The number of para-hydroxylation sites is 1. The van der Waals surface area contributed by atoms with Gasteiger partial charge < -0.3 is 15.5 Å². The summed E-state index contributed by atoms with van der Waals surface area (Å²) in [5, 5.41) is 0. The van der Waals surface area contributed by atoms with E-state index in [4.69, 9.17) is 10.7 Å². The molecule has 1 amide bonds. The van der Waals surface area contributed by atoms with Crippen molar-refractivity contribution >= 4 is 28.8 Å². The molecule has 0 spiro atoms. The summed E-state index contributed by atoms with van der Waals surface area (Å²) in [7, 11) is 0. The zero-order valence-corrected chi connectivity index (χ0v) is 17.0. The zero-order chi connectivity index (χ0) is 20.4. The number of fused-ring (bicyclic) bond motifs is 1. The van der Waals surface area contributed by atoms with E-state index in [1.807, 2.05) is 53.6 Å². The molecule has 8 nitrogen and oxygen atoms in total. The molecule has 29 heavy (non-hydrogen) atoms. The summed E-state index contributed by atoms with van der Waals surface area (Å²) in [4.78, 5) is 30.5. The van der Waals surface area contributed by atoms with Crippen LogP contribution >= 0.6 is 0 Å². The van der Waals surface area contributed by atoms with Crippen molar-refractivity contribution in [3.05, 3.63) is 36.7 Å². The Morgan fingerprint density at radius 3 is 2.69 bits per heavy atom. The fourth-order valence-corrected chi connectivity index (χ4v) is 3.98. The molecule has 1 aromatic carbocycles. The van der Waals surface area contributed by atoms with Crippen molar-refractivity contribution in [1.29, 1.82) is 0 Å². The van der Waals surface area contributed by atoms with Crippen molar-refractivity contribution in [2.24, 2.45) is 5.92 Å². The molecule has 1 aliphatic rings. The van der Waals surface area contributed by atoms with Crippen molar-refractivity contribution in [1.82, 2.24) is 24.4 Å². The molecule has 1 atom stereocenters. The topological polar surface area (TPSA) is 93.2 Å². The zero-order valence-electron chi connectivity index (χ0n) is 17.0. The molecule has 1 aliphatic heterocycles. The Bertz CT molecular complexity index is 997. The lowest BCUT2D eigenvalue weighted by atomic mass is 9.96. The van der Waals surface area contributed by atoms with E-state index in [0.29, 0.717) is 29.5 Å². The summed E-state index contributed by atoms with van der Waals surface area (Å²) in [6.07, 6.45) is 3.54. The number of rotatable bonds is 5. The minimum Gasteiger partial charge on any atom is -0.382 e. The molecule has 0 saturated carbocycles. The van der Waals surface area contributed by atoms with Crippen LogP contribution < -0.4 is 10.6 Å². The van der Waals surface area contributed by atoms with Crippen LogP contribution in [0.5, 0.6) is 0 Å². The Kier molecular flexibility index (Phi) is 5.33. The third kappa shape index (κ3) is 3.62. The minimum absolute atomic E-state index is 0.0387. The van der Waals surface area contributed by atoms with Crippen molar-refractivity contribution in [2.75, 3.05) is 36.8 Å². The molecule has 152 valence electrons. The number of amides is 1. The number of nitrogens with two attached hydrogens (primary N) is 1. The van der Waals surface area contributed by atoms with Crippen molar-refractivity contribution < 1.29 is 4.79 Å². The smallest absolute Gasteiger partial charge is 0.229 e.